The molecular formula is C5H3ClN2O. The molecule has 1 heterocycles. The van der Waals surface area contributed by atoms with Crippen LogP contribution in [-0.4, -0.2) is 5.16 Å². The molecule has 0 spiro atoms. The van der Waals surface area contributed by atoms with Crippen LogP contribution in [0.15, 0.2) is 10.6 Å². The second-order valence-electron chi connectivity index (χ2n) is 1.45. The molecule has 0 saturated carbocycles. The van der Waals surface area contributed by atoms with Gasteiger partial charge < -0.3 is 4.52 Å². The fraction of sp³-hybridized carbons (Fsp3) is 0.200. The molecule has 0 aliphatic rings. The molecule has 0 bridgehead atoms. The summed E-state index contributed by atoms with van der Waals surface area (Å²) in [6.07, 6.45) is 0.222. The molecule has 9 heavy (non-hydrogen) atoms. The number of hydrogen-bond donors (Lipinski definition) is 0. The van der Waals surface area contributed by atoms with E-state index in [0.29, 0.717) is 10.9 Å². The molecule has 0 aliphatic heterocycles. The third-order valence-electron chi connectivity index (χ3n) is 0.783. The lowest BCUT2D eigenvalue weighted by Gasteiger charge is -1.74. The normalized spacial score (nSPS) is 8.89. The first-order valence-corrected chi connectivity index (χ1v) is 2.69. The Morgan fingerprint density at radius 2 is 2.67 bits per heavy atom. The third kappa shape index (κ3) is 1.44. The molecule has 1 aromatic heterocycles. The molecule has 0 fully saturated rings. The Morgan fingerprint density at radius 1 is 1.89 bits per heavy atom. The van der Waals surface area contributed by atoms with Crippen LogP contribution in [0, 0.1) is 11.3 Å². The minimum Gasteiger partial charge on any atom is -0.359 e. The maximum Gasteiger partial charge on any atom is 0.172 e. The molecule has 0 unspecified atom stereocenters. The lowest BCUT2D eigenvalue weighted by Crippen LogP contribution is -1.71. The van der Waals surface area contributed by atoms with E-state index in [2.05, 4.69) is 9.68 Å². The highest BCUT2D eigenvalue weighted by molar-refractivity contribution is 6.29. The first-order chi connectivity index (χ1) is 4.33. The van der Waals surface area contributed by atoms with Gasteiger partial charge in [-0.2, -0.15) is 5.26 Å². The zero-order valence-corrected chi connectivity index (χ0v) is 5.22. The van der Waals surface area contributed by atoms with E-state index in [9.17, 15) is 0 Å². The summed E-state index contributed by atoms with van der Waals surface area (Å²) in [5, 5.41) is 11.8. The van der Waals surface area contributed by atoms with E-state index in [1.54, 1.807) is 0 Å². The summed E-state index contributed by atoms with van der Waals surface area (Å²) in [7, 11) is 0. The zero-order valence-electron chi connectivity index (χ0n) is 4.47. The van der Waals surface area contributed by atoms with Crippen LogP contribution in [0.2, 0.25) is 5.15 Å². The predicted octanol–water partition coefficient (Wildman–Crippen LogP) is 1.39. The first-order valence-electron chi connectivity index (χ1n) is 2.31. The molecule has 0 atom stereocenters. The van der Waals surface area contributed by atoms with Gasteiger partial charge in [-0.25, -0.2) is 0 Å². The fourth-order valence-corrected chi connectivity index (χ4v) is 0.605. The maximum absolute atomic E-state index is 8.15. The Hall–Kier alpha value is -1.01. The molecule has 1 rings (SSSR count). The second kappa shape index (κ2) is 2.51. The molecule has 4 heteroatoms. The zero-order chi connectivity index (χ0) is 6.69. The second-order valence-corrected chi connectivity index (χ2v) is 1.84. The molecule has 0 radical (unpaired) electrons. The Bertz CT molecular complexity index is 237. The van der Waals surface area contributed by atoms with Crippen LogP contribution in [0.25, 0.3) is 0 Å². The van der Waals surface area contributed by atoms with Crippen molar-refractivity contribution < 1.29 is 4.52 Å². The van der Waals surface area contributed by atoms with Gasteiger partial charge >= 0.3 is 0 Å². The van der Waals surface area contributed by atoms with Gasteiger partial charge in [0, 0.05) is 6.07 Å². The van der Waals surface area contributed by atoms with E-state index in [0.717, 1.165) is 0 Å². The van der Waals surface area contributed by atoms with Gasteiger partial charge in [-0.15, -0.1) is 0 Å². The van der Waals surface area contributed by atoms with Crippen molar-refractivity contribution in [2.24, 2.45) is 0 Å². The van der Waals surface area contributed by atoms with Crippen LogP contribution >= 0.6 is 11.6 Å². The summed E-state index contributed by atoms with van der Waals surface area (Å²) in [5.74, 6) is 0.502. The predicted molar refractivity (Wildman–Crippen MR) is 30.8 cm³/mol. The largest absolute Gasteiger partial charge is 0.359 e. The molecule has 0 saturated heterocycles. The molecule has 1 aromatic rings. The van der Waals surface area contributed by atoms with E-state index in [4.69, 9.17) is 16.9 Å². The molecule has 0 aliphatic carbocycles. The van der Waals surface area contributed by atoms with Crippen molar-refractivity contribution in [1.82, 2.24) is 5.16 Å². The van der Waals surface area contributed by atoms with E-state index in [1.165, 1.54) is 6.07 Å². The molecule has 46 valence electrons. The van der Waals surface area contributed by atoms with Gasteiger partial charge in [0.25, 0.3) is 0 Å². The number of rotatable bonds is 1. The topological polar surface area (TPSA) is 49.8 Å². The number of aromatic nitrogens is 1. The molecule has 0 amide bonds. The smallest absolute Gasteiger partial charge is 0.172 e. The van der Waals surface area contributed by atoms with E-state index in [1.807, 2.05) is 6.07 Å². The number of hydrogen-bond acceptors (Lipinski definition) is 3. The Balaban J connectivity index is 2.76. The van der Waals surface area contributed by atoms with Gasteiger partial charge in [0.05, 0.1) is 12.5 Å². The molecule has 0 N–H and O–H groups in total. The van der Waals surface area contributed by atoms with Crippen LogP contribution in [0.5, 0.6) is 0 Å². The SMILES string of the molecule is N#CCc1cc(Cl)no1. The van der Waals surface area contributed by atoms with Crippen LogP contribution in [0.3, 0.4) is 0 Å². The lowest BCUT2D eigenvalue weighted by atomic mass is 10.4. The Morgan fingerprint density at radius 3 is 3.11 bits per heavy atom. The monoisotopic (exact) mass is 142 g/mol. The molecule has 3 nitrogen and oxygen atoms in total. The quantitative estimate of drug-likeness (QED) is 0.596. The summed E-state index contributed by atoms with van der Waals surface area (Å²) in [5.41, 5.74) is 0. The van der Waals surface area contributed by atoms with Crippen LogP contribution < -0.4 is 0 Å². The van der Waals surface area contributed by atoms with Crippen molar-refractivity contribution in [3.05, 3.63) is 17.0 Å². The Labute approximate surface area is 56.8 Å². The maximum atomic E-state index is 8.15. The van der Waals surface area contributed by atoms with Crippen LogP contribution in [0.1, 0.15) is 5.76 Å². The summed E-state index contributed by atoms with van der Waals surface area (Å²) in [4.78, 5) is 0. The average Bonchev–Trinajstić information content (AvgIpc) is 2.17. The van der Waals surface area contributed by atoms with Crippen molar-refractivity contribution in [1.29, 1.82) is 5.26 Å². The van der Waals surface area contributed by atoms with E-state index < -0.39 is 0 Å². The van der Waals surface area contributed by atoms with Crippen molar-refractivity contribution in [2.45, 2.75) is 6.42 Å². The lowest BCUT2D eigenvalue weighted by molar-refractivity contribution is 0.392. The first kappa shape index (κ1) is 6.12. The third-order valence-corrected chi connectivity index (χ3v) is 0.962. The summed E-state index contributed by atoms with van der Waals surface area (Å²) in [6, 6.07) is 3.42. The van der Waals surface area contributed by atoms with Crippen LogP contribution in [0.4, 0.5) is 0 Å². The van der Waals surface area contributed by atoms with Crippen molar-refractivity contribution in [3.8, 4) is 6.07 Å². The van der Waals surface area contributed by atoms with Crippen molar-refractivity contribution in [3.63, 3.8) is 0 Å². The minimum absolute atomic E-state index is 0.222. The van der Waals surface area contributed by atoms with Gasteiger partial charge in [0.15, 0.2) is 10.9 Å². The number of nitriles is 1. The average molecular weight is 143 g/mol. The fourth-order valence-electron chi connectivity index (χ4n) is 0.449. The summed E-state index contributed by atoms with van der Waals surface area (Å²) in [6.45, 7) is 0. The molecular weight excluding hydrogens is 140 g/mol. The molecule has 0 aromatic carbocycles. The highest BCUT2D eigenvalue weighted by Gasteiger charge is 1.98. The van der Waals surface area contributed by atoms with Gasteiger partial charge in [-0.1, -0.05) is 16.8 Å². The van der Waals surface area contributed by atoms with Crippen LogP contribution in [-0.2, 0) is 6.42 Å². The van der Waals surface area contributed by atoms with E-state index in [-0.39, 0.29) is 6.42 Å². The highest BCUT2D eigenvalue weighted by atomic mass is 35.5. The summed E-state index contributed by atoms with van der Waals surface area (Å²) < 4.78 is 4.60. The van der Waals surface area contributed by atoms with Gasteiger partial charge in [0.1, 0.15) is 0 Å². The standard InChI is InChI=1S/C5H3ClN2O/c6-5-3-4(1-2-7)9-8-5/h3H,1H2. The van der Waals surface area contributed by atoms with Gasteiger partial charge in [-0.3, -0.25) is 0 Å². The van der Waals surface area contributed by atoms with Crippen molar-refractivity contribution in [2.75, 3.05) is 0 Å². The highest BCUT2D eigenvalue weighted by Crippen LogP contribution is 2.08. The Kier molecular flexibility index (Phi) is 1.71. The van der Waals surface area contributed by atoms with Crippen molar-refractivity contribution >= 4 is 11.6 Å². The van der Waals surface area contributed by atoms with E-state index >= 15 is 0 Å². The minimum atomic E-state index is 0.222. The number of halogens is 1. The number of nitrogens with zero attached hydrogens (tertiary/aromatic N) is 2. The summed E-state index contributed by atoms with van der Waals surface area (Å²) >= 11 is 5.38. The van der Waals surface area contributed by atoms with Gasteiger partial charge in [-0.05, 0) is 0 Å². The van der Waals surface area contributed by atoms with Gasteiger partial charge in [0.2, 0.25) is 0 Å².